The van der Waals surface area contributed by atoms with Crippen LogP contribution in [0.4, 0.5) is 0 Å². The predicted octanol–water partition coefficient (Wildman–Crippen LogP) is 0.690. The number of nitrogens with zero attached hydrogens (tertiary/aromatic N) is 2. The molecule has 18 heavy (non-hydrogen) atoms. The minimum atomic E-state index is -0.437. The molecule has 2 N–H and O–H groups in total. The monoisotopic (exact) mass is 268 g/mol. The van der Waals surface area contributed by atoms with Crippen molar-refractivity contribution in [2.75, 3.05) is 6.61 Å². The Bertz CT molecular complexity index is 621. The molecule has 2 heterocycles. The highest BCUT2D eigenvalue weighted by molar-refractivity contribution is 8.00. The highest BCUT2D eigenvalue weighted by atomic mass is 32.2. The minimum absolute atomic E-state index is 0.285. The van der Waals surface area contributed by atoms with Gasteiger partial charge in [0, 0.05) is 0 Å². The van der Waals surface area contributed by atoms with E-state index in [2.05, 4.69) is 20.2 Å². The lowest BCUT2D eigenvalue weighted by Crippen LogP contribution is -2.18. The molecule has 0 unspecified atom stereocenters. The van der Waals surface area contributed by atoms with Crippen molar-refractivity contribution in [3.63, 3.8) is 0 Å². The SMILES string of the molecule is CCOC(=O)[C@H](C)Sc1nc2[nH]ncc2c(=O)[nH]1. The Morgan fingerprint density at radius 3 is 3.11 bits per heavy atom. The van der Waals surface area contributed by atoms with Crippen LogP contribution in [-0.2, 0) is 9.53 Å². The number of hydrogen-bond donors (Lipinski definition) is 2. The van der Waals surface area contributed by atoms with Crippen molar-refractivity contribution in [2.45, 2.75) is 24.3 Å². The lowest BCUT2D eigenvalue weighted by molar-refractivity contribution is -0.142. The van der Waals surface area contributed by atoms with Crippen LogP contribution in [0, 0.1) is 0 Å². The summed E-state index contributed by atoms with van der Waals surface area (Å²) in [6.45, 7) is 3.76. The number of nitrogens with one attached hydrogen (secondary N) is 2. The Labute approximate surface area is 106 Å². The second-order valence-electron chi connectivity index (χ2n) is 3.52. The molecule has 0 fully saturated rings. The first-order chi connectivity index (χ1) is 8.61. The fourth-order valence-corrected chi connectivity index (χ4v) is 2.15. The zero-order valence-electron chi connectivity index (χ0n) is 9.89. The van der Waals surface area contributed by atoms with Gasteiger partial charge in [-0.05, 0) is 13.8 Å². The summed E-state index contributed by atoms with van der Waals surface area (Å²) < 4.78 is 4.88. The summed E-state index contributed by atoms with van der Waals surface area (Å²) in [4.78, 5) is 29.9. The van der Waals surface area contributed by atoms with E-state index in [4.69, 9.17) is 4.74 Å². The number of hydrogen-bond acceptors (Lipinski definition) is 6. The van der Waals surface area contributed by atoms with Gasteiger partial charge >= 0.3 is 5.97 Å². The number of fused-ring (bicyclic) bond motifs is 1. The zero-order valence-corrected chi connectivity index (χ0v) is 10.7. The maximum absolute atomic E-state index is 11.7. The normalized spacial score (nSPS) is 12.6. The minimum Gasteiger partial charge on any atom is -0.465 e. The molecule has 0 amide bonds. The highest BCUT2D eigenvalue weighted by Crippen LogP contribution is 2.20. The lowest BCUT2D eigenvalue weighted by Gasteiger charge is -2.08. The van der Waals surface area contributed by atoms with E-state index in [9.17, 15) is 9.59 Å². The molecule has 0 saturated heterocycles. The van der Waals surface area contributed by atoms with Gasteiger partial charge in [0.15, 0.2) is 10.8 Å². The van der Waals surface area contributed by atoms with Gasteiger partial charge < -0.3 is 9.72 Å². The molecule has 0 aliphatic heterocycles. The van der Waals surface area contributed by atoms with Gasteiger partial charge in [0.2, 0.25) is 0 Å². The fraction of sp³-hybridized carbons (Fsp3) is 0.400. The lowest BCUT2D eigenvalue weighted by atomic mass is 10.4. The van der Waals surface area contributed by atoms with E-state index in [1.165, 1.54) is 6.20 Å². The Morgan fingerprint density at radius 1 is 1.61 bits per heavy atom. The first kappa shape index (κ1) is 12.6. The summed E-state index contributed by atoms with van der Waals surface area (Å²) in [5.41, 5.74) is 0.115. The van der Waals surface area contributed by atoms with Crippen LogP contribution in [0.15, 0.2) is 16.1 Å². The number of ether oxygens (including phenoxy) is 1. The largest absolute Gasteiger partial charge is 0.465 e. The molecular weight excluding hydrogens is 256 g/mol. The van der Waals surface area contributed by atoms with Crippen molar-refractivity contribution >= 4 is 28.8 Å². The number of rotatable bonds is 4. The van der Waals surface area contributed by atoms with Gasteiger partial charge in [-0.2, -0.15) is 5.10 Å². The van der Waals surface area contributed by atoms with Crippen LogP contribution >= 0.6 is 11.8 Å². The maximum Gasteiger partial charge on any atom is 0.319 e. The van der Waals surface area contributed by atoms with E-state index in [-0.39, 0.29) is 11.5 Å². The summed E-state index contributed by atoms with van der Waals surface area (Å²) in [5.74, 6) is -0.338. The predicted molar refractivity (Wildman–Crippen MR) is 66.5 cm³/mol. The van der Waals surface area contributed by atoms with Gasteiger partial charge in [0.1, 0.15) is 10.6 Å². The number of H-pyrrole nitrogens is 2. The number of thioether (sulfide) groups is 1. The topological polar surface area (TPSA) is 101 Å². The van der Waals surface area contributed by atoms with Gasteiger partial charge in [-0.15, -0.1) is 0 Å². The van der Waals surface area contributed by atoms with E-state index >= 15 is 0 Å². The van der Waals surface area contributed by atoms with Crippen LogP contribution in [0.2, 0.25) is 0 Å². The molecule has 0 bridgehead atoms. The molecule has 0 spiro atoms. The third kappa shape index (κ3) is 2.53. The van der Waals surface area contributed by atoms with Crippen molar-refractivity contribution < 1.29 is 9.53 Å². The molecule has 0 aliphatic carbocycles. The van der Waals surface area contributed by atoms with E-state index in [1.54, 1.807) is 13.8 Å². The Balaban J connectivity index is 2.21. The molecular formula is C10H12N4O3S. The third-order valence-corrected chi connectivity index (χ3v) is 3.17. The number of aromatic nitrogens is 4. The van der Waals surface area contributed by atoms with Crippen molar-refractivity contribution in [3.8, 4) is 0 Å². The Kier molecular flexibility index (Phi) is 3.66. The summed E-state index contributed by atoms with van der Waals surface area (Å²) in [7, 11) is 0. The Morgan fingerprint density at radius 2 is 2.39 bits per heavy atom. The van der Waals surface area contributed by atoms with E-state index in [0.29, 0.717) is 22.8 Å². The molecule has 0 aliphatic rings. The number of esters is 1. The van der Waals surface area contributed by atoms with Gasteiger partial charge in [0.25, 0.3) is 5.56 Å². The summed E-state index contributed by atoms with van der Waals surface area (Å²) >= 11 is 1.14. The van der Waals surface area contributed by atoms with Crippen molar-refractivity contribution in [1.29, 1.82) is 0 Å². The van der Waals surface area contributed by atoms with Gasteiger partial charge in [0.05, 0.1) is 12.8 Å². The smallest absolute Gasteiger partial charge is 0.319 e. The Hall–Kier alpha value is -1.83. The summed E-state index contributed by atoms with van der Waals surface area (Å²) in [6, 6.07) is 0. The van der Waals surface area contributed by atoms with Gasteiger partial charge in [-0.3, -0.25) is 14.7 Å². The van der Waals surface area contributed by atoms with Crippen molar-refractivity contribution in [3.05, 3.63) is 16.6 Å². The van der Waals surface area contributed by atoms with Crippen LogP contribution in [-0.4, -0.2) is 38.0 Å². The first-order valence-electron chi connectivity index (χ1n) is 5.38. The summed E-state index contributed by atoms with van der Waals surface area (Å²) in [6.07, 6.45) is 1.41. The first-order valence-corrected chi connectivity index (χ1v) is 6.26. The van der Waals surface area contributed by atoms with Crippen molar-refractivity contribution in [1.82, 2.24) is 20.2 Å². The number of carbonyl (C=O) groups excluding carboxylic acids is 1. The van der Waals surface area contributed by atoms with Gasteiger partial charge in [-0.1, -0.05) is 11.8 Å². The number of aromatic amines is 2. The molecule has 2 aromatic rings. The zero-order chi connectivity index (χ0) is 13.1. The van der Waals surface area contributed by atoms with E-state index in [1.807, 2.05) is 0 Å². The molecule has 2 aromatic heterocycles. The molecule has 7 nitrogen and oxygen atoms in total. The average molecular weight is 268 g/mol. The molecule has 8 heteroatoms. The fourth-order valence-electron chi connectivity index (χ4n) is 1.36. The molecule has 1 atom stereocenters. The molecule has 0 aromatic carbocycles. The molecule has 2 rings (SSSR count). The molecule has 0 radical (unpaired) electrons. The quantitative estimate of drug-likeness (QED) is 0.480. The third-order valence-electron chi connectivity index (χ3n) is 2.20. The second kappa shape index (κ2) is 5.21. The van der Waals surface area contributed by atoms with Crippen LogP contribution < -0.4 is 5.56 Å². The average Bonchev–Trinajstić information content (AvgIpc) is 2.77. The number of carbonyl (C=O) groups is 1. The second-order valence-corrected chi connectivity index (χ2v) is 4.84. The maximum atomic E-state index is 11.7. The van der Waals surface area contributed by atoms with Crippen molar-refractivity contribution in [2.24, 2.45) is 0 Å². The summed E-state index contributed by atoms with van der Waals surface area (Å²) in [5, 5.41) is 6.67. The van der Waals surface area contributed by atoms with Crippen LogP contribution in [0.5, 0.6) is 0 Å². The van der Waals surface area contributed by atoms with E-state index < -0.39 is 5.25 Å². The highest BCUT2D eigenvalue weighted by Gasteiger charge is 2.17. The van der Waals surface area contributed by atoms with Crippen LogP contribution in [0.1, 0.15) is 13.8 Å². The molecule has 0 saturated carbocycles. The van der Waals surface area contributed by atoms with Crippen LogP contribution in [0.25, 0.3) is 11.0 Å². The van der Waals surface area contributed by atoms with E-state index in [0.717, 1.165) is 11.8 Å². The standard InChI is InChI=1S/C10H12N4O3S/c1-3-17-9(16)5(2)18-10-12-7-6(4-11-14-7)8(15)13-10/h4-5H,3H2,1-2H3,(H2,11,12,13,14,15)/t5-/m0/s1. The van der Waals surface area contributed by atoms with Crippen LogP contribution in [0.3, 0.4) is 0 Å². The van der Waals surface area contributed by atoms with Gasteiger partial charge in [-0.25, -0.2) is 4.98 Å². The molecule has 96 valence electrons.